The molecule has 0 bridgehead atoms. The van der Waals surface area contributed by atoms with Gasteiger partial charge in [0.2, 0.25) is 0 Å². The first-order chi connectivity index (χ1) is 11.0. The number of hydrogen-bond acceptors (Lipinski definition) is 3. The zero-order valence-electron chi connectivity index (χ0n) is 13.5. The maximum Gasteiger partial charge on any atom is 0.272 e. The van der Waals surface area contributed by atoms with Gasteiger partial charge in [-0.25, -0.2) is 4.68 Å². The molecule has 0 unspecified atom stereocenters. The molecule has 3 rings (SSSR count). The quantitative estimate of drug-likeness (QED) is 0.944. The Morgan fingerprint density at radius 3 is 2.65 bits per heavy atom. The van der Waals surface area contributed by atoms with Gasteiger partial charge in [0.15, 0.2) is 0 Å². The molecule has 0 aliphatic heterocycles. The molecule has 120 valence electrons. The molecule has 1 N–H and O–H groups in total. The number of nitrogens with one attached hydrogen (secondary N) is 1. The lowest BCUT2D eigenvalue weighted by molar-refractivity contribution is 0.0932. The van der Waals surface area contributed by atoms with Gasteiger partial charge in [0.1, 0.15) is 5.69 Å². The van der Waals surface area contributed by atoms with Crippen LogP contribution in [0.2, 0.25) is 0 Å². The molecule has 1 atom stereocenters. The van der Waals surface area contributed by atoms with Crippen LogP contribution in [0.3, 0.4) is 0 Å². The van der Waals surface area contributed by atoms with Gasteiger partial charge in [0.25, 0.3) is 11.5 Å². The molecule has 1 aromatic carbocycles. The number of hydrogen-bond donors (Lipinski definition) is 1. The van der Waals surface area contributed by atoms with E-state index in [0.29, 0.717) is 0 Å². The molecule has 1 aliphatic rings. The van der Waals surface area contributed by atoms with Gasteiger partial charge in [-0.3, -0.25) is 9.59 Å². The van der Waals surface area contributed by atoms with Crippen LogP contribution in [0.4, 0.5) is 0 Å². The van der Waals surface area contributed by atoms with E-state index >= 15 is 0 Å². The van der Waals surface area contributed by atoms with Crippen molar-refractivity contribution in [2.75, 3.05) is 0 Å². The molecule has 0 saturated carbocycles. The second-order valence-corrected chi connectivity index (χ2v) is 6.11. The molecule has 0 spiro atoms. The molecule has 1 aromatic heterocycles. The summed E-state index contributed by atoms with van der Waals surface area (Å²) in [7, 11) is 1.53. The predicted octanol–water partition coefficient (Wildman–Crippen LogP) is 2.15. The highest BCUT2D eigenvalue weighted by Gasteiger charge is 2.16. The van der Waals surface area contributed by atoms with Crippen LogP contribution in [0.15, 0.2) is 35.1 Å². The van der Waals surface area contributed by atoms with Gasteiger partial charge in [-0.15, -0.1) is 0 Å². The van der Waals surface area contributed by atoms with E-state index in [-0.39, 0.29) is 23.2 Å². The van der Waals surface area contributed by atoms with Crippen LogP contribution in [0, 0.1) is 0 Å². The molecular formula is C18H21N3O2. The molecule has 23 heavy (non-hydrogen) atoms. The van der Waals surface area contributed by atoms with Gasteiger partial charge in [0, 0.05) is 13.1 Å². The van der Waals surface area contributed by atoms with Crippen molar-refractivity contribution >= 4 is 5.91 Å². The van der Waals surface area contributed by atoms with E-state index < -0.39 is 0 Å². The van der Waals surface area contributed by atoms with Crippen molar-refractivity contribution < 1.29 is 4.79 Å². The number of benzene rings is 1. The molecule has 0 fully saturated rings. The lowest BCUT2D eigenvalue weighted by Gasteiger charge is -2.20. The molecule has 1 amide bonds. The van der Waals surface area contributed by atoms with E-state index in [9.17, 15) is 9.59 Å². The number of amides is 1. The third-order valence-corrected chi connectivity index (χ3v) is 4.41. The van der Waals surface area contributed by atoms with E-state index in [1.807, 2.05) is 6.92 Å². The average Bonchev–Trinajstić information content (AvgIpc) is 2.56. The summed E-state index contributed by atoms with van der Waals surface area (Å²) >= 11 is 0. The molecule has 0 saturated heterocycles. The SMILES string of the molecule is C[C@H](NC(=O)c1ccc(=O)n(C)n1)c1ccc2c(c1)CCCC2. The van der Waals surface area contributed by atoms with E-state index in [4.69, 9.17) is 0 Å². The first-order valence-electron chi connectivity index (χ1n) is 8.01. The van der Waals surface area contributed by atoms with Crippen LogP contribution >= 0.6 is 0 Å². The Morgan fingerprint density at radius 1 is 1.17 bits per heavy atom. The number of nitrogens with zero attached hydrogens (tertiary/aromatic N) is 2. The Bertz CT molecular complexity index is 795. The fourth-order valence-electron chi connectivity index (χ4n) is 3.00. The van der Waals surface area contributed by atoms with E-state index in [0.717, 1.165) is 18.4 Å². The zero-order chi connectivity index (χ0) is 16.4. The Kier molecular flexibility index (Phi) is 4.28. The monoisotopic (exact) mass is 311 g/mol. The average molecular weight is 311 g/mol. The third-order valence-electron chi connectivity index (χ3n) is 4.41. The van der Waals surface area contributed by atoms with Crippen molar-refractivity contribution in [1.82, 2.24) is 15.1 Å². The topological polar surface area (TPSA) is 64.0 Å². The highest BCUT2D eigenvalue weighted by molar-refractivity contribution is 5.92. The van der Waals surface area contributed by atoms with Crippen LogP contribution in [-0.2, 0) is 19.9 Å². The van der Waals surface area contributed by atoms with Crippen LogP contribution in [0.25, 0.3) is 0 Å². The summed E-state index contributed by atoms with van der Waals surface area (Å²) in [5.74, 6) is -0.272. The second kappa shape index (κ2) is 6.36. The Hall–Kier alpha value is -2.43. The Balaban J connectivity index is 1.75. The van der Waals surface area contributed by atoms with Gasteiger partial charge in [-0.2, -0.15) is 5.10 Å². The van der Waals surface area contributed by atoms with E-state index in [1.165, 1.54) is 47.8 Å². The van der Waals surface area contributed by atoms with Crippen molar-refractivity contribution in [2.24, 2.45) is 7.05 Å². The van der Waals surface area contributed by atoms with Crippen LogP contribution < -0.4 is 10.9 Å². The highest BCUT2D eigenvalue weighted by atomic mass is 16.2. The summed E-state index contributed by atoms with van der Waals surface area (Å²) in [4.78, 5) is 23.6. The summed E-state index contributed by atoms with van der Waals surface area (Å²) in [6.45, 7) is 1.96. The summed E-state index contributed by atoms with van der Waals surface area (Å²) in [5, 5.41) is 6.93. The predicted molar refractivity (Wildman–Crippen MR) is 88.4 cm³/mol. The van der Waals surface area contributed by atoms with Crippen LogP contribution in [-0.4, -0.2) is 15.7 Å². The summed E-state index contributed by atoms with van der Waals surface area (Å²) in [5.41, 5.74) is 3.94. The number of carbonyl (C=O) groups excluding carboxylic acids is 1. The van der Waals surface area contributed by atoms with Crippen molar-refractivity contribution in [3.8, 4) is 0 Å². The highest BCUT2D eigenvalue weighted by Crippen LogP contribution is 2.24. The Labute approximate surface area is 135 Å². The van der Waals surface area contributed by atoms with E-state index in [2.05, 4.69) is 28.6 Å². The number of aromatic nitrogens is 2. The smallest absolute Gasteiger partial charge is 0.272 e. The summed E-state index contributed by atoms with van der Waals surface area (Å²) in [6, 6.07) is 9.17. The normalized spacial score (nSPS) is 14.9. The molecule has 5 heteroatoms. The van der Waals surface area contributed by atoms with Crippen molar-refractivity contribution in [3.05, 3.63) is 63.1 Å². The minimum Gasteiger partial charge on any atom is -0.344 e. The fraction of sp³-hybridized carbons (Fsp3) is 0.389. The number of carbonyl (C=O) groups is 1. The first kappa shape index (κ1) is 15.5. The minimum atomic E-state index is -0.272. The number of rotatable bonds is 3. The summed E-state index contributed by atoms with van der Waals surface area (Å²) in [6.07, 6.45) is 4.76. The standard InChI is InChI=1S/C18H21N3O2/c1-12(14-8-7-13-5-3-4-6-15(13)11-14)19-18(23)16-9-10-17(22)21(2)20-16/h7-12H,3-6H2,1-2H3,(H,19,23)/t12-/m0/s1. The van der Waals surface area contributed by atoms with Gasteiger partial charge in [-0.1, -0.05) is 18.2 Å². The van der Waals surface area contributed by atoms with E-state index in [1.54, 1.807) is 0 Å². The zero-order valence-corrected chi connectivity index (χ0v) is 13.5. The minimum absolute atomic E-state index is 0.103. The van der Waals surface area contributed by atoms with Crippen molar-refractivity contribution in [2.45, 2.75) is 38.6 Å². The largest absolute Gasteiger partial charge is 0.344 e. The number of fused-ring (bicyclic) bond motifs is 1. The fourth-order valence-corrected chi connectivity index (χ4v) is 3.00. The van der Waals surface area contributed by atoms with Gasteiger partial charge in [0.05, 0.1) is 6.04 Å². The maximum absolute atomic E-state index is 12.3. The van der Waals surface area contributed by atoms with Crippen LogP contribution in [0.1, 0.15) is 53.0 Å². The second-order valence-electron chi connectivity index (χ2n) is 6.11. The number of aryl methyl sites for hydroxylation is 3. The molecule has 2 aromatic rings. The third kappa shape index (κ3) is 3.33. The van der Waals surface area contributed by atoms with Crippen LogP contribution in [0.5, 0.6) is 0 Å². The lowest BCUT2D eigenvalue weighted by atomic mass is 9.89. The molecule has 0 radical (unpaired) electrons. The first-order valence-corrected chi connectivity index (χ1v) is 8.01. The van der Waals surface area contributed by atoms with Gasteiger partial charge in [-0.05, 0) is 55.4 Å². The van der Waals surface area contributed by atoms with Crippen molar-refractivity contribution in [3.63, 3.8) is 0 Å². The molecule has 5 nitrogen and oxygen atoms in total. The Morgan fingerprint density at radius 2 is 1.91 bits per heavy atom. The van der Waals surface area contributed by atoms with Gasteiger partial charge < -0.3 is 5.32 Å². The molecule has 1 heterocycles. The molecular weight excluding hydrogens is 290 g/mol. The summed E-state index contributed by atoms with van der Waals surface area (Å²) < 4.78 is 1.17. The molecule has 1 aliphatic carbocycles. The van der Waals surface area contributed by atoms with Crippen molar-refractivity contribution in [1.29, 1.82) is 0 Å². The van der Waals surface area contributed by atoms with Gasteiger partial charge >= 0.3 is 0 Å². The maximum atomic E-state index is 12.3. The lowest BCUT2D eigenvalue weighted by Crippen LogP contribution is -2.30.